The number of rotatable bonds is 23. The highest BCUT2D eigenvalue weighted by Crippen LogP contribution is 2.30. The van der Waals surface area contributed by atoms with Crippen LogP contribution in [0.4, 0.5) is 0 Å². The fourth-order valence-corrected chi connectivity index (χ4v) is 5.77. The lowest BCUT2D eigenvalue weighted by atomic mass is 10.0. The Kier molecular flexibility index (Phi) is 16.4. The van der Waals surface area contributed by atoms with Gasteiger partial charge in [-0.1, -0.05) is 139 Å². The molecule has 3 heteroatoms. The van der Waals surface area contributed by atoms with E-state index in [0.717, 1.165) is 31.6 Å². The normalized spacial score (nSPS) is 11.5. The van der Waals surface area contributed by atoms with E-state index in [1.54, 1.807) is 0 Å². The summed E-state index contributed by atoms with van der Waals surface area (Å²) >= 11 is 0. The molecule has 0 saturated heterocycles. The van der Waals surface area contributed by atoms with Crippen molar-refractivity contribution >= 4 is 27.5 Å². The van der Waals surface area contributed by atoms with Gasteiger partial charge in [-0.05, 0) is 61.0 Å². The molecule has 0 N–H and O–H groups in total. The van der Waals surface area contributed by atoms with Gasteiger partial charge in [0.05, 0.1) is 12.7 Å². The summed E-state index contributed by atoms with van der Waals surface area (Å²) < 4.78 is 11.4. The molecule has 0 aliphatic carbocycles. The van der Waals surface area contributed by atoms with Crippen LogP contribution in [0.15, 0.2) is 54.6 Å². The standard InChI is InChI=1S/C38H56O3/c1-32(2)41-38(39)28-19-17-15-13-11-9-7-5-3-4-6-8-10-12-14-16-18-22-29-40-37-27-23-26-35-30-33-24-20-21-25-34(33)31-36(35)37/h20-21,23-27,30-32H,3-19,22,28-29H2,1-2H3. The Balaban J connectivity index is 1.06. The zero-order chi connectivity index (χ0) is 29.0. The minimum absolute atomic E-state index is 0.0134. The Labute approximate surface area is 250 Å². The summed E-state index contributed by atoms with van der Waals surface area (Å²) in [4.78, 5) is 11.5. The largest absolute Gasteiger partial charge is 0.493 e. The Morgan fingerprint density at radius 1 is 0.561 bits per heavy atom. The van der Waals surface area contributed by atoms with Crippen molar-refractivity contribution < 1.29 is 14.3 Å². The summed E-state index contributed by atoms with van der Waals surface area (Å²) in [5, 5.41) is 5.03. The smallest absolute Gasteiger partial charge is 0.306 e. The number of benzene rings is 3. The molecule has 3 aromatic rings. The van der Waals surface area contributed by atoms with E-state index in [-0.39, 0.29) is 12.1 Å². The summed E-state index contributed by atoms with van der Waals surface area (Å²) in [6.45, 7) is 4.63. The average Bonchev–Trinajstić information content (AvgIpc) is 2.96. The summed E-state index contributed by atoms with van der Waals surface area (Å²) in [5.41, 5.74) is 0. The fraction of sp³-hybridized carbons (Fsp3) is 0.605. The van der Waals surface area contributed by atoms with Crippen LogP contribution in [0, 0.1) is 0 Å². The van der Waals surface area contributed by atoms with Crippen LogP contribution in [0.5, 0.6) is 5.75 Å². The maximum Gasteiger partial charge on any atom is 0.306 e. The third-order valence-corrected chi connectivity index (χ3v) is 8.11. The summed E-state index contributed by atoms with van der Waals surface area (Å²) in [6.07, 6.45) is 24.3. The van der Waals surface area contributed by atoms with Crippen LogP contribution in [0.2, 0.25) is 0 Å². The maximum absolute atomic E-state index is 11.5. The van der Waals surface area contributed by atoms with Gasteiger partial charge >= 0.3 is 5.97 Å². The highest BCUT2D eigenvalue weighted by Gasteiger charge is 2.05. The number of hydrogen-bond donors (Lipinski definition) is 0. The van der Waals surface area contributed by atoms with Gasteiger partial charge < -0.3 is 9.47 Å². The molecule has 0 saturated carbocycles. The molecule has 0 fully saturated rings. The van der Waals surface area contributed by atoms with Crippen LogP contribution in [0.3, 0.4) is 0 Å². The Morgan fingerprint density at radius 2 is 1.02 bits per heavy atom. The van der Waals surface area contributed by atoms with Crippen molar-refractivity contribution in [2.45, 2.75) is 142 Å². The van der Waals surface area contributed by atoms with Gasteiger partial charge in [0.25, 0.3) is 0 Å². The van der Waals surface area contributed by atoms with Gasteiger partial charge in [-0.3, -0.25) is 4.79 Å². The van der Waals surface area contributed by atoms with E-state index in [1.165, 1.54) is 118 Å². The second kappa shape index (κ2) is 20.3. The molecule has 0 radical (unpaired) electrons. The van der Waals surface area contributed by atoms with Gasteiger partial charge in [-0.25, -0.2) is 0 Å². The zero-order valence-corrected chi connectivity index (χ0v) is 26.1. The second-order valence-electron chi connectivity index (χ2n) is 12.2. The molecule has 0 amide bonds. The highest BCUT2D eigenvalue weighted by atomic mass is 16.5. The first-order valence-electron chi connectivity index (χ1n) is 16.9. The Bertz CT molecular complexity index is 1120. The van der Waals surface area contributed by atoms with Crippen molar-refractivity contribution in [2.24, 2.45) is 0 Å². The molecule has 0 bridgehead atoms. The third kappa shape index (κ3) is 13.8. The van der Waals surface area contributed by atoms with Crippen molar-refractivity contribution in [2.75, 3.05) is 6.61 Å². The molecule has 0 aliphatic rings. The molecule has 3 aromatic carbocycles. The molecule has 0 aromatic heterocycles. The molecule has 0 unspecified atom stereocenters. The second-order valence-corrected chi connectivity index (χ2v) is 12.2. The summed E-state index contributed by atoms with van der Waals surface area (Å²) in [6, 6.07) is 19.5. The van der Waals surface area contributed by atoms with Crippen molar-refractivity contribution in [3.05, 3.63) is 54.6 Å². The molecular weight excluding hydrogens is 504 g/mol. The van der Waals surface area contributed by atoms with E-state index in [2.05, 4.69) is 54.6 Å². The van der Waals surface area contributed by atoms with E-state index in [0.29, 0.717) is 6.42 Å². The predicted molar refractivity (Wildman–Crippen MR) is 176 cm³/mol. The Hall–Kier alpha value is -2.55. The van der Waals surface area contributed by atoms with Crippen LogP contribution in [0.1, 0.15) is 136 Å². The molecule has 0 atom stereocenters. The van der Waals surface area contributed by atoms with Gasteiger partial charge in [-0.2, -0.15) is 0 Å². The van der Waals surface area contributed by atoms with Crippen LogP contribution in [-0.2, 0) is 9.53 Å². The summed E-state index contributed by atoms with van der Waals surface area (Å²) in [5.74, 6) is 0.978. The monoisotopic (exact) mass is 560 g/mol. The van der Waals surface area contributed by atoms with E-state index in [4.69, 9.17) is 9.47 Å². The first-order chi connectivity index (χ1) is 20.1. The maximum atomic E-state index is 11.5. The van der Waals surface area contributed by atoms with Crippen LogP contribution >= 0.6 is 0 Å². The number of unbranched alkanes of at least 4 members (excludes halogenated alkanes) is 17. The van der Waals surface area contributed by atoms with Gasteiger partial charge in [0, 0.05) is 11.8 Å². The van der Waals surface area contributed by atoms with E-state index in [9.17, 15) is 4.79 Å². The topological polar surface area (TPSA) is 35.5 Å². The Morgan fingerprint density at radius 3 is 1.56 bits per heavy atom. The van der Waals surface area contributed by atoms with Gasteiger partial charge in [0.15, 0.2) is 0 Å². The molecule has 0 aliphatic heterocycles. The number of ether oxygens (including phenoxy) is 2. The molecule has 3 rings (SSSR count). The predicted octanol–water partition coefficient (Wildman–Crippen LogP) is 11.7. The number of carbonyl (C=O) groups excluding carboxylic acids is 1. The van der Waals surface area contributed by atoms with Crippen LogP contribution in [-0.4, -0.2) is 18.7 Å². The first-order valence-corrected chi connectivity index (χ1v) is 16.9. The van der Waals surface area contributed by atoms with Gasteiger partial charge in [0.2, 0.25) is 0 Å². The summed E-state index contributed by atoms with van der Waals surface area (Å²) in [7, 11) is 0. The number of esters is 1. The van der Waals surface area contributed by atoms with E-state index >= 15 is 0 Å². The van der Waals surface area contributed by atoms with E-state index < -0.39 is 0 Å². The van der Waals surface area contributed by atoms with Gasteiger partial charge in [-0.15, -0.1) is 0 Å². The van der Waals surface area contributed by atoms with Crippen molar-refractivity contribution in [3.63, 3.8) is 0 Å². The molecule has 41 heavy (non-hydrogen) atoms. The van der Waals surface area contributed by atoms with Crippen LogP contribution < -0.4 is 4.74 Å². The number of carbonyl (C=O) groups is 1. The lowest BCUT2D eigenvalue weighted by Crippen LogP contribution is -2.10. The first kappa shape index (κ1) is 33.0. The fourth-order valence-electron chi connectivity index (χ4n) is 5.77. The molecule has 0 spiro atoms. The zero-order valence-electron chi connectivity index (χ0n) is 26.1. The van der Waals surface area contributed by atoms with E-state index in [1.807, 2.05) is 13.8 Å². The SMILES string of the molecule is CC(C)OC(=O)CCCCCCCCCCCCCCCCCCCCOc1cccc2cc3ccccc3cc12. The van der Waals surface area contributed by atoms with Crippen molar-refractivity contribution in [1.82, 2.24) is 0 Å². The molecule has 0 heterocycles. The molecule has 3 nitrogen and oxygen atoms in total. The quantitative estimate of drug-likeness (QED) is 0.0657. The molecular formula is C38H56O3. The van der Waals surface area contributed by atoms with Crippen LogP contribution in [0.25, 0.3) is 21.5 Å². The lowest BCUT2D eigenvalue weighted by molar-refractivity contribution is -0.147. The minimum Gasteiger partial charge on any atom is -0.493 e. The highest BCUT2D eigenvalue weighted by molar-refractivity contribution is 6.00. The minimum atomic E-state index is -0.0380. The third-order valence-electron chi connectivity index (χ3n) is 8.11. The van der Waals surface area contributed by atoms with Gasteiger partial charge in [0.1, 0.15) is 5.75 Å². The number of hydrogen-bond acceptors (Lipinski definition) is 3. The van der Waals surface area contributed by atoms with Crippen molar-refractivity contribution in [1.29, 1.82) is 0 Å². The van der Waals surface area contributed by atoms with Crippen molar-refractivity contribution in [3.8, 4) is 5.75 Å². The molecule has 226 valence electrons. The number of fused-ring (bicyclic) bond motifs is 2. The average molecular weight is 561 g/mol. The lowest BCUT2D eigenvalue weighted by Gasteiger charge is -2.10.